The van der Waals surface area contributed by atoms with Crippen LogP contribution >= 0.6 is 0 Å². The molecule has 1 aliphatic heterocycles. The van der Waals surface area contributed by atoms with Gasteiger partial charge in [-0.1, -0.05) is 30.3 Å². The summed E-state index contributed by atoms with van der Waals surface area (Å²) in [6, 6.07) is 12.6. The molecule has 3 rings (SSSR count). The molecule has 0 saturated carbocycles. The fourth-order valence-electron chi connectivity index (χ4n) is 3.07. The van der Waals surface area contributed by atoms with E-state index in [0.29, 0.717) is 12.0 Å². The zero-order valence-electron chi connectivity index (χ0n) is 14.7. The topological polar surface area (TPSA) is 83.1 Å². The molecule has 0 bridgehead atoms. The van der Waals surface area contributed by atoms with Crippen LogP contribution in [0.1, 0.15) is 28.8 Å². The SMILES string of the molecule is O=C(NC(Cc1ccccc1)C(=O)NC1CCCNC1)c1cccnc1. The molecule has 6 heteroatoms. The van der Waals surface area contributed by atoms with Gasteiger partial charge in [-0.25, -0.2) is 0 Å². The Balaban J connectivity index is 1.70. The standard InChI is InChI=1S/C20H24N4O2/c25-19(16-8-4-10-21-13-16)24-18(12-15-6-2-1-3-7-15)20(26)23-17-9-5-11-22-14-17/h1-4,6-8,10,13,17-18,22H,5,9,11-12,14H2,(H,23,26)(H,24,25). The maximum absolute atomic E-state index is 12.8. The van der Waals surface area contributed by atoms with Crippen molar-refractivity contribution in [2.24, 2.45) is 0 Å². The summed E-state index contributed by atoms with van der Waals surface area (Å²) in [6.07, 6.45) is 5.54. The van der Waals surface area contributed by atoms with Crippen molar-refractivity contribution in [1.29, 1.82) is 0 Å². The van der Waals surface area contributed by atoms with E-state index in [9.17, 15) is 9.59 Å². The normalized spacial score (nSPS) is 17.9. The Morgan fingerprint density at radius 2 is 2.04 bits per heavy atom. The summed E-state index contributed by atoms with van der Waals surface area (Å²) in [4.78, 5) is 29.3. The molecule has 1 aromatic carbocycles. The van der Waals surface area contributed by atoms with E-state index >= 15 is 0 Å². The maximum Gasteiger partial charge on any atom is 0.253 e. The van der Waals surface area contributed by atoms with Crippen LogP contribution in [0.2, 0.25) is 0 Å². The van der Waals surface area contributed by atoms with Gasteiger partial charge < -0.3 is 16.0 Å². The molecule has 1 aromatic heterocycles. The summed E-state index contributed by atoms with van der Waals surface area (Å²) in [6.45, 7) is 1.75. The summed E-state index contributed by atoms with van der Waals surface area (Å²) in [5.41, 5.74) is 1.44. The first kappa shape index (κ1) is 18.1. The molecule has 136 valence electrons. The average molecular weight is 352 g/mol. The molecule has 3 N–H and O–H groups in total. The number of benzene rings is 1. The largest absolute Gasteiger partial charge is 0.350 e. The van der Waals surface area contributed by atoms with Crippen LogP contribution in [-0.4, -0.2) is 42.0 Å². The molecule has 1 fully saturated rings. The highest BCUT2D eigenvalue weighted by molar-refractivity contribution is 5.97. The minimum absolute atomic E-state index is 0.102. The highest BCUT2D eigenvalue weighted by Crippen LogP contribution is 2.07. The summed E-state index contributed by atoms with van der Waals surface area (Å²) in [7, 11) is 0. The van der Waals surface area contributed by atoms with Crippen LogP contribution in [0.25, 0.3) is 0 Å². The van der Waals surface area contributed by atoms with Crippen LogP contribution in [0.4, 0.5) is 0 Å². The number of hydrogen-bond acceptors (Lipinski definition) is 4. The Kier molecular flexibility index (Phi) is 6.33. The second-order valence-electron chi connectivity index (χ2n) is 6.51. The number of carbonyl (C=O) groups is 2. The van der Waals surface area contributed by atoms with Crippen LogP contribution in [-0.2, 0) is 11.2 Å². The molecule has 2 heterocycles. The molecule has 0 spiro atoms. The number of hydrogen-bond donors (Lipinski definition) is 3. The number of pyridine rings is 1. The lowest BCUT2D eigenvalue weighted by Gasteiger charge is -2.26. The molecule has 6 nitrogen and oxygen atoms in total. The second-order valence-corrected chi connectivity index (χ2v) is 6.51. The Bertz CT molecular complexity index is 715. The first-order chi connectivity index (χ1) is 12.7. The van der Waals surface area contributed by atoms with Crippen molar-refractivity contribution >= 4 is 11.8 Å². The lowest BCUT2D eigenvalue weighted by Crippen LogP contribution is -2.53. The predicted molar refractivity (Wildman–Crippen MR) is 99.7 cm³/mol. The minimum Gasteiger partial charge on any atom is -0.350 e. The van der Waals surface area contributed by atoms with Gasteiger partial charge in [0.25, 0.3) is 5.91 Å². The van der Waals surface area contributed by atoms with Gasteiger partial charge in [0.15, 0.2) is 0 Å². The van der Waals surface area contributed by atoms with Gasteiger partial charge in [-0.15, -0.1) is 0 Å². The number of aromatic nitrogens is 1. The lowest BCUT2D eigenvalue weighted by atomic mass is 10.0. The number of nitrogens with one attached hydrogen (secondary N) is 3. The van der Waals surface area contributed by atoms with E-state index in [1.54, 1.807) is 18.3 Å². The minimum atomic E-state index is -0.632. The Morgan fingerprint density at radius 3 is 2.73 bits per heavy atom. The highest BCUT2D eigenvalue weighted by Gasteiger charge is 2.25. The third-order valence-electron chi connectivity index (χ3n) is 4.47. The van der Waals surface area contributed by atoms with E-state index in [1.165, 1.54) is 6.20 Å². The smallest absolute Gasteiger partial charge is 0.253 e. The molecule has 2 unspecified atom stereocenters. The van der Waals surface area contributed by atoms with Gasteiger partial charge in [0.05, 0.1) is 5.56 Å². The number of piperidine rings is 1. The van der Waals surface area contributed by atoms with Gasteiger partial charge in [0, 0.05) is 31.4 Å². The summed E-state index contributed by atoms with van der Waals surface area (Å²) in [5, 5.41) is 9.21. The molecule has 0 aliphatic carbocycles. The van der Waals surface area contributed by atoms with E-state index in [4.69, 9.17) is 0 Å². The van der Waals surface area contributed by atoms with Crippen molar-refractivity contribution in [3.63, 3.8) is 0 Å². The summed E-state index contributed by atoms with van der Waals surface area (Å²) < 4.78 is 0. The van der Waals surface area contributed by atoms with Crippen LogP contribution in [0.5, 0.6) is 0 Å². The second kappa shape index (κ2) is 9.10. The van der Waals surface area contributed by atoms with Crippen LogP contribution in [0.3, 0.4) is 0 Å². The molecular weight excluding hydrogens is 328 g/mol. The van der Waals surface area contributed by atoms with E-state index in [1.807, 2.05) is 30.3 Å². The highest BCUT2D eigenvalue weighted by atomic mass is 16.2. The molecule has 2 atom stereocenters. The molecular formula is C20H24N4O2. The van der Waals surface area contributed by atoms with E-state index in [2.05, 4.69) is 20.9 Å². The zero-order valence-corrected chi connectivity index (χ0v) is 14.7. The van der Waals surface area contributed by atoms with Crippen LogP contribution in [0.15, 0.2) is 54.9 Å². The van der Waals surface area contributed by atoms with Crippen molar-refractivity contribution in [2.45, 2.75) is 31.3 Å². The maximum atomic E-state index is 12.8. The van der Waals surface area contributed by atoms with Gasteiger partial charge in [-0.05, 0) is 37.1 Å². The third kappa shape index (κ3) is 5.13. The molecule has 26 heavy (non-hydrogen) atoms. The molecule has 2 aromatic rings. The Morgan fingerprint density at radius 1 is 1.19 bits per heavy atom. The van der Waals surface area contributed by atoms with Crippen LogP contribution in [0, 0.1) is 0 Å². The molecule has 0 radical (unpaired) electrons. The van der Waals surface area contributed by atoms with Crippen molar-refractivity contribution in [3.8, 4) is 0 Å². The van der Waals surface area contributed by atoms with E-state index < -0.39 is 6.04 Å². The Hall–Kier alpha value is -2.73. The van der Waals surface area contributed by atoms with Gasteiger partial charge in [0.2, 0.25) is 5.91 Å². The molecule has 2 amide bonds. The van der Waals surface area contributed by atoms with Crippen LogP contribution < -0.4 is 16.0 Å². The van der Waals surface area contributed by atoms with Crippen molar-refractivity contribution in [2.75, 3.05) is 13.1 Å². The molecule has 1 aliphatic rings. The first-order valence-corrected chi connectivity index (χ1v) is 8.98. The van der Waals surface area contributed by atoms with Gasteiger partial charge in [-0.3, -0.25) is 14.6 Å². The van der Waals surface area contributed by atoms with E-state index in [0.717, 1.165) is 31.5 Å². The number of rotatable bonds is 6. The summed E-state index contributed by atoms with van der Waals surface area (Å²) in [5.74, 6) is -0.448. The van der Waals surface area contributed by atoms with Crippen molar-refractivity contribution < 1.29 is 9.59 Å². The monoisotopic (exact) mass is 352 g/mol. The zero-order chi connectivity index (χ0) is 18.2. The first-order valence-electron chi connectivity index (χ1n) is 8.98. The van der Waals surface area contributed by atoms with Gasteiger partial charge in [0.1, 0.15) is 6.04 Å². The number of carbonyl (C=O) groups excluding carboxylic acids is 2. The number of nitrogens with zero attached hydrogens (tertiary/aromatic N) is 1. The third-order valence-corrected chi connectivity index (χ3v) is 4.47. The average Bonchev–Trinajstić information content (AvgIpc) is 2.69. The fraction of sp³-hybridized carbons (Fsp3) is 0.350. The summed E-state index contributed by atoms with van der Waals surface area (Å²) >= 11 is 0. The van der Waals surface area contributed by atoms with Crippen molar-refractivity contribution in [1.82, 2.24) is 20.9 Å². The molecule has 1 saturated heterocycles. The fourth-order valence-corrected chi connectivity index (χ4v) is 3.07. The number of amides is 2. The van der Waals surface area contributed by atoms with Gasteiger partial charge in [-0.2, -0.15) is 0 Å². The van der Waals surface area contributed by atoms with Gasteiger partial charge >= 0.3 is 0 Å². The van der Waals surface area contributed by atoms with Crippen molar-refractivity contribution in [3.05, 3.63) is 66.0 Å². The predicted octanol–water partition coefficient (Wildman–Crippen LogP) is 1.29. The quantitative estimate of drug-likeness (QED) is 0.732. The van der Waals surface area contributed by atoms with E-state index in [-0.39, 0.29) is 17.9 Å². The lowest BCUT2D eigenvalue weighted by molar-refractivity contribution is -0.123. The Labute approximate surface area is 153 Å².